The van der Waals surface area contributed by atoms with Gasteiger partial charge in [0.25, 0.3) is 5.78 Å². The molecular weight excluding hydrogens is 378 g/mol. The van der Waals surface area contributed by atoms with Crippen LogP contribution in [-0.4, -0.2) is 39.7 Å². The normalized spacial score (nSPS) is 11.0. The smallest absolute Gasteiger partial charge is 0.272 e. The van der Waals surface area contributed by atoms with Crippen LogP contribution in [0.2, 0.25) is 0 Å². The molecule has 4 heterocycles. The Morgan fingerprint density at radius 1 is 0.867 bits per heavy atom. The van der Waals surface area contributed by atoms with Crippen LogP contribution < -0.4 is 5.32 Å². The van der Waals surface area contributed by atoms with E-state index < -0.39 is 0 Å². The van der Waals surface area contributed by atoms with Crippen LogP contribution in [0.5, 0.6) is 0 Å². The number of para-hydroxylation sites is 1. The molecule has 1 N–H and O–H groups in total. The molecule has 0 saturated carbocycles. The molecule has 0 bridgehead atoms. The summed E-state index contributed by atoms with van der Waals surface area (Å²) in [5.41, 5.74) is 4.97. The number of rotatable bonds is 4. The van der Waals surface area contributed by atoms with E-state index in [0.29, 0.717) is 28.9 Å². The van der Waals surface area contributed by atoms with Gasteiger partial charge in [-0.3, -0.25) is 4.98 Å². The topological polar surface area (TPSA) is 107 Å². The van der Waals surface area contributed by atoms with Crippen molar-refractivity contribution in [3.8, 4) is 22.8 Å². The summed E-state index contributed by atoms with van der Waals surface area (Å²) in [6.45, 7) is 3.94. The summed E-state index contributed by atoms with van der Waals surface area (Å²) in [6.07, 6.45) is 5.10. The van der Waals surface area contributed by atoms with Gasteiger partial charge < -0.3 is 5.32 Å². The van der Waals surface area contributed by atoms with E-state index >= 15 is 0 Å². The lowest BCUT2D eigenvalue weighted by Gasteiger charge is -2.09. The maximum absolute atomic E-state index is 4.62. The lowest BCUT2D eigenvalue weighted by Crippen LogP contribution is -2.05. The monoisotopic (exact) mass is 395 g/mol. The fourth-order valence-electron chi connectivity index (χ4n) is 3.11. The molecule has 0 radical (unpaired) electrons. The van der Waals surface area contributed by atoms with E-state index in [0.717, 1.165) is 22.5 Å². The van der Waals surface area contributed by atoms with Crippen LogP contribution >= 0.6 is 0 Å². The standard InChI is InChI=1S/C21H17N9/c1-13-5-3-4-6-16(13)24-20-23-12-9-17(25-20)18-14(2)30-21(28-27-18)26-19(29-30)15-7-10-22-11-8-15/h3-12H,1-2H3,(H,23,24,25). The van der Waals surface area contributed by atoms with Crippen molar-refractivity contribution in [3.63, 3.8) is 0 Å². The third-order valence-corrected chi connectivity index (χ3v) is 4.72. The number of fused-ring (bicyclic) bond motifs is 1. The minimum absolute atomic E-state index is 0.426. The summed E-state index contributed by atoms with van der Waals surface area (Å²) >= 11 is 0. The van der Waals surface area contributed by atoms with Crippen LogP contribution in [0.1, 0.15) is 11.3 Å². The highest BCUT2D eigenvalue weighted by Gasteiger charge is 2.15. The summed E-state index contributed by atoms with van der Waals surface area (Å²) in [4.78, 5) is 17.4. The Morgan fingerprint density at radius 2 is 1.70 bits per heavy atom. The van der Waals surface area contributed by atoms with E-state index in [1.807, 2.05) is 50.2 Å². The molecule has 146 valence electrons. The predicted molar refractivity (Wildman–Crippen MR) is 112 cm³/mol. The molecule has 0 amide bonds. The van der Waals surface area contributed by atoms with Gasteiger partial charge in [-0.25, -0.2) is 9.97 Å². The quantitative estimate of drug-likeness (QED) is 0.493. The Bertz CT molecular complexity index is 1350. The first-order chi connectivity index (χ1) is 14.7. The van der Waals surface area contributed by atoms with Crippen molar-refractivity contribution in [2.75, 3.05) is 5.32 Å². The van der Waals surface area contributed by atoms with Crippen LogP contribution in [-0.2, 0) is 0 Å². The molecule has 9 heteroatoms. The van der Waals surface area contributed by atoms with Crippen LogP contribution in [0, 0.1) is 13.8 Å². The van der Waals surface area contributed by atoms with E-state index in [2.05, 4.69) is 40.5 Å². The molecule has 9 nitrogen and oxygen atoms in total. The summed E-state index contributed by atoms with van der Waals surface area (Å²) in [7, 11) is 0. The van der Waals surface area contributed by atoms with Gasteiger partial charge in [-0.15, -0.1) is 15.3 Å². The van der Waals surface area contributed by atoms with Gasteiger partial charge in [0.15, 0.2) is 5.82 Å². The molecular formula is C21H17N9. The number of hydrogen-bond acceptors (Lipinski definition) is 8. The Kier molecular flexibility index (Phi) is 4.32. The van der Waals surface area contributed by atoms with E-state index in [4.69, 9.17) is 0 Å². The zero-order chi connectivity index (χ0) is 20.5. The Balaban J connectivity index is 1.53. The molecule has 0 aliphatic rings. The number of nitrogens with zero attached hydrogens (tertiary/aromatic N) is 8. The molecule has 1 aromatic carbocycles. The average Bonchev–Trinajstić information content (AvgIpc) is 3.22. The zero-order valence-corrected chi connectivity index (χ0v) is 16.4. The molecule has 0 fully saturated rings. The highest BCUT2D eigenvalue weighted by molar-refractivity contribution is 5.63. The SMILES string of the molecule is Cc1ccccc1Nc1nccc(-c2nnc3nc(-c4ccncc4)nn3c2C)n1. The molecule has 5 aromatic rings. The molecule has 0 spiro atoms. The van der Waals surface area contributed by atoms with Gasteiger partial charge >= 0.3 is 0 Å². The summed E-state index contributed by atoms with van der Waals surface area (Å²) in [5.74, 6) is 1.48. The van der Waals surface area contributed by atoms with E-state index in [-0.39, 0.29) is 0 Å². The largest absolute Gasteiger partial charge is 0.324 e. The highest BCUT2D eigenvalue weighted by atomic mass is 15.4. The Hall–Kier alpha value is -4.27. The van der Waals surface area contributed by atoms with Crippen LogP contribution in [0.4, 0.5) is 11.6 Å². The van der Waals surface area contributed by atoms with Gasteiger partial charge in [-0.05, 0) is 43.7 Å². The van der Waals surface area contributed by atoms with Crippen LogP contribution in [0.3, 0.4) is 0 Å². The second-order valence-electron chi connectivity index (χ2n) is 6.72. The van der Waals surface area contributed by atoms with Crippen molar-refractivity contribution in [2.24, 2.45) is 0 Å². The number of hydrogen-bond donors (Lipinski definition) is 1. The van der Waals surface area contributed by atoms with Crippen molar-refractivity contribution >= 4 is 17.4 Å². The van der Waals surface area contributed by atoms with Crippen molar-refractivity contribution in [3.05, 3.63) is 72.3 Å². The third-order valence-electron chi connectivity index (χ3n) is 4.72. The zero-order valence-electron chi connectivity index (χ0n) is 16.4. The van der Waals surface area contributed by atoms with Crippen molar-refractivity contribution in [2.45, 2.75) is 13.8 Å². The van der Waals surface area contributed by atoms with Gasteiger partial charge in [-0.2, -0.15) is 9.50 Å². The first-order valence-electron chi connectivity index (χ1n) is 9.35. The van der Waals surface area contributed by atoms with Gasteiger partial charge in [0, 0.05) is 29.8 Å². The molecule has 4 aromatic heterocycles. The molecule has 0 aliphatic heterocycles. The fraction of sp³-hybridized carbons (Fsp3) is 0.0952. The fourth-order valence-corrected chi connectivity index (χ4v) is 3.11. The minimum atomic E-state index is 0.426. The number of nitrogens with one attached hydrogen (secondary N) is 1. The van der Waals surface area contributed by atoms with Gasteiger partial charge in [0.05, 0.1) is 11.4 Å². The highest BCUT2D eigenvalue weighted by Crippen LogP contribution is 2.23. The number of aryl methyl sites for hydroxylation is 2. The lowest BCUT2D eigenvalue weighted by atomic mass is 10.2. The molecule has 0 aliphatic carbocycles. The maximum atomic E-state index is 4.62. The van der Waals surface area contributed by atoms with Gasteiger partial charge in [0.1, 0.15) is 5.69 Å². The second kappa shape index (κ2) is 7.28. The molecule has 0 atom stereocenters. The Morgan fingerprint density at radius 3 is 2.53 bits per heavy atom. The van der Waals surface area contributed by atoms with E-state index in [9.17, 15) is 0 Å². The van der Waals surface area contributed by atoms with Crippen LogP contribution in [0.25, 0.3) is 28.6 Å². The number of pyridine rings is 1. The van der Waals surface area contributed by atoms with Crippen molar-refractivity contribution in [1.82, 2.24) is 39.7 Å². The first kappa shape index (κ1) is 17.8. The first-order valence-corrected chi connectivity index (χ1v) is 9.35. The number of benzene rings is 1. The van der Waals surface area contributed by atoms with Gasteiger partial charge in [0.2, 0.25) is 5.95 Å². The van der Waals surface area contributed by atoms with Crippen molar-refractivity contribution in [1.29, 1.82) is 0 Å². The number of aromatic nitrogens is 8. The minimum Gasteiger partial charge on any atom is -0.324 e. The molecule has 0 unspecified atom stereocenters. The number of anilines is 2. The average molecular weight is 395 g/mol. The van der Waals surface area contributed by atoms with E-state index in [1.165, 1.54) is 0 Å². The Labute approximate surface area is 171 Å². The summed E-state index contributed by atoms with van der Waals surface area (Å²) in [5, 5.41) is 16.4. The maximum Gasteiger partial charge on any atom is 0.272 e. The second-order valence-corrected chi connectivity index (χ2v) is 6.72. The predicted octanol–water partition coefficient (Wildman–Crippen LogP) is 3.40. The lowest BCUT2D eigenvalue weighted by molar-refractivity contribution is 0.851. The van der Waals surface area contributed by atoms with Crippen LogP contribution in [0.15, 0.2) is 61.1 Å². The summed E-state index contributed by atoms with van der Waals surface area (Å²) in [6, 6.07) is 13.5. The van der Waals surface area contributed by atoms with E-state index in [1.54, 1.807) is 29.2 Å². The molecule has 5 rings (SSSR count). The third kappa shape index (κ3) is 3.22. The molecule has 30 heavy (non-hydrogen) atoms. The van der Waals surface area contributed by atoms with Crippen molar-refractivity contribution < 1.29 is 0 Å². The van der Waals surface area contributed by atoms with Gasteiger partial charge in [-0.1, -0.05) is 18.2 Å². The molecule has 0 saturated heterocycles. The summed E-state index contributed by atoms with van der Waals surface area (Å²) < 4.78 is 1.68.